The molecule has 0 atom stereocenters. The monoisotopic (exact) mass is 232 g/mol. The van der Waals surface area contributed by atoms with E-state index in [1.165, 1.54) is 0 Å². The molecule has 0 bridgehead atoms. The minimum absolute atomic E-state index is 0.0285. The first-order valence-electron chi connectivity index (χ1n) is 4.98. The van der Waals surface area contributed by atoms with Crippen molar-refractivity contribution in [1.82, 2.24) is 0 Å². The van der Waals surface area contributed by atoms with Gasteiger partial charge in [0.15, 0.2) is 11.5 Å². The fraction of sp³-hybridized carbons (Fsp3) is 0. The number of ether oxygens (including phenoxy) is 2. The van der Waals surface area contributed by atoms with Crippen molar-refractivity contribution in [1.29, 1.82) is 0 Å². The number of benzene rings is 1. The number of phenolic OH excluding ortho intramolecular Hbond substituents is 1. The number of fused-ring (bicyclic) bond motifs is 1. The van der Waals surface area contributed by atoms with Crippen molar-refractivity contribution in [2.45, 2.75) is 0 Å². The molecule has 0 aromatic heterocycles. The molecule has 62 valence electrons. The molecule has 3 nitrogen and oxygen atoms in total. The first-order valence-corrected chi connectivity index (χ1v) is 3.77. The molecule has 0 aliphatic carbocycles. The van der Waals surface area contributed by atoms with Gasteiger partial charge in [0.05, 0.1) is 2.74 Å². The van der Waals surface area contributed by atoms with E-state index in [9.17, 15) is 5.11 Å². The number of halogens is 1. The SMILES string of the molecule is [2H]C1=C([2H])Oc2c(Br)c(O)c([2H])c([2H])c2O1. The predicted molar refractivity (Wildman–Crippen MR) is 46.2 cm³/mol. The largest absolute Gasteiger partial charge is 0.507 e. The Morgan fingerprint density at radius 1 is 1.33 bits per heavy atom. The smallest absolute Gasteiger partial charge is 0.187 e. The van der Waals surface area contributed by atoms with Gasteiger partial charge in [-0.15, -0.1) is 0 Å². The number of rotatable bonds is 0. The summed E-state index contributed by atoms with van der Waals surface area (Å²) >= 11 is 2.97. The van der Waals surface area contributed by atoms with Crippen LogP contribution in [0, 0.1) is 0 Å². The van der Waals surface area contributed by atoms with Gasteiger partial charge < -0.3 is 14.6 Å². The number of phenols is 1. The van der Waals surface area contributed by atoms with Crippen LogP contribution in [0.25, 0.3) is 0 Å². The summed E-state index contributed by atoms with van der Waals surface area (Å²) in [5.41, 5.74) is 0. The van der Waals surface area contributed by atoms with Crippen LogP contribution >= 0.6 is 15.9 Å². The first kappa shape index (κ1) is 4.18. The second-order valence-electron chi connectivity index (χ2n) is 1.98. The maximum atomic E-state index is 9.48. The van der Waals surface area contributed by atoms with Gasteiger partial charge in [-0.25, -0.2) is 0 Å². The van der Waals surface area contributed by atoms with E-state index in [1.807, 2.05) is 0 Å². The summed E-state index contributed by atoms with van der Waals surface area (Å²) in [5, 5.41) is 9.48. The Morgan fingerprint density at radius 3 is 2.92 bits per heavy atom. The quantitative estimate of drug-likeness (QED) is 0.747. The van der Waals surface area contributed by atoms with Crippen molar-refractivity contribution in [3.8, 4) is 17.2 Å². The van der Waals surface area contributed by atoms with E-state index in [0.717, 1.165) is 0 Å². The molecule has 0 spiro atoms. The van der Waals surface area contributed by atoms with Crippen LogP contribution in [0.4, 0.5) is 0 Å². The highest BCUT2D eigenvalue weighted by Gasteiger charge is 2.14. The van der Waals surface area contributed by atoms with Gasteiger partial charge in [0.2, 0.25) is 0 Å². The standard InChI is InChI=1S/C8H5BrO3/c9-7-5(10)1-2-6-8(7)12-4-3-11-6/h1-4,10H/i1D,2D,3D,4D. The molecular weight excluding hydrogens is 224 g/mol. The molecule has 0 amide bonds. The highest BCUT2D eigenvalue weighted by molar-refractivity contribution is 9.10. The minimum atomic E-state index is -0.544. The van der Waals surface area contributed by atoms with Crippen molar-refractivity contribution < 1.29 is 20.1 Å². The van der Waals surface area contributed by atoms with E-state index in [4.69, 9.17) is 15.0 Å². The lowest BCUT2D eigenvalue weighted by molar-refractivity contribution is 0.355. The molecule has 1 aliphatic heterocycles. The van der Waals surface area contributed by atoms with Crippen LogP contribution < -0.4 is 9.47 Å². The highest BCUT2D eigenvalue weighted by Crippen LogP contribution is 2.42. The lowest BCUT2D eigenvalue weighted by Crippen LogP contribution is -1.96. The second-order valence-corrected chi connectivity index (χ2v) is 2.77. The Bertz CT molecular complexity index is 470. The molecule has 0 radical (unpaired) electrons. The number of hydrogen-bond donors (Lipinski definition) is 1. The molecular formula is C8H5BrO3. The summed E-state index contributed by atoms with van der Waals surface area (Å²) < 4.78 is 39.2. The zero-order chi connectivity index (χ0) is 12.0. The van der Waals surface area contributed by atoms with Crippen molar-refractivity contribution in [3.05, 3.63) is 29.0 Å². The molecule has 0 unspecified atom stereocenters. The fourth-order valence-electron chi connectivity index (χ4n) is 0.742. The average Bonchev–Trinajstić information content (AvgIpc) is 2.26. The van der Waals surface area contributed by atoms with Crippen LogP contribution in [0.5, 0.6) is 17.2 Å². The van der Waals surface area contributed by atoms with Crippen molar-refractivity contribution >= 4 is 15.9 Å². The summed E-state index contributed by atoms with van der Waals surface area (Å²) in [6.07, 6.45) is -1.07. The Kier molecular flexibility index (Phi) is 0.945. The third kappa shape index (κ3) is 1.04. The minimum Gasteiger partial charge on any atom is -0.507 e. The molecule has 0 fully saturated rings. The Labute approximate surface area is 83.0 Å². The van der Waals surface area contributed by atoms with E-state index >= 15 is 0 Å². The summed E-state index contributed by atoms with van der Waals surface area (Å²) in [4.78, 5) is 0. The van der Waals surface area contributed by atoms with Crippen LogP contribution in [0.3, 0.4) is 0 Å². The maximum Gasteiger partial charge on any atom is 0.187 e. The van der Waals surface area contributed by atoms with Crippen molar-refractivity contribution in [2.75, 3.05) is 0 Å². The van der Waals surface area contributed by atoms with Crippen LogP contribution in [0.1, 0.15) is 5.48 Å². The summed E-state index contributed by atoms with van der Waals surface area (Å²) in [7, 11) is 0. The zero-order valence-corrected chi connectivity index (χ0v) is 7.23. The van der Waals surface area contributed by atoms with E-state index < -0.39 is 30.3 Å². The molecule has 1 aromatic rings. The van der Waals surface area contributed by atoms with Gasteiger partial charge in [0.25, 0.3) is 0 Å². The lowest BCUT2D eigenvalue weighted by atomic mass is 10.3. The molecule has 0 saturated carbocycles. The van der Waals surface area contributed by atoms with Gasteiger partial charge in [-0.3, -0.25) is 0 Å². The molecule has 1 N–H and O–H groups in total. The Hall–Kier alpha value is -1.16. The normalized spacial score (nSPS) is 19.4. The Balaban J connectivity index is 2.70. The van der Waals surface area contributed by atoms with Crippen LogP contribution in [0.15, 0.2) is 29.0 Å². The highest BCUT2D eigenvalue weighted by atomic mass is 79.9. The van der Waals surface area contributed by atoms with Crippen molar-refractivity contribution in [2.24, 2.45) is 0 Å². The van der Waals surface area contributed by atoms with Crippen LogP contribution in [-0.2, 0) is 0 Å². The van der Waals surface area contributed by atoms with Gasteiger partial charge in [0, 0.05) is 0 Å². The topological polar surface area (TPSA) is 38.7 Å². The molecule has 2 rings (SSSR count). The molecule has 12 heavy (non-hydrogen) atoms. The van der Waals surface area contributed by atoms with Crippen molar-refractivity contribution in [3.63, 3.8) is 0 Å². The Morgan fingerprint density at radius 2 is 2.08 bits per heavy atom. The second kappa shape index (κ2) is 2.71. The van der Waals surface area contributed by atoms with E-state index in [0.29, 0.717) is 0 Å². The third-order valence-corrected chi connectivity index (χ3v) is 1.99. The third-order valence-electron chi connectivity index (χ3n) is 1.26. The van der Waals surface area contributed by atoms with Gasteiger partial charge >= 0.3 is 0 Å². The zero-order valence-electron chi connectivity index (χ0n) is 9.64. The van der Waals surface area contributed by atoms with Gasteiger partial charge in [0.1, 0.15) is 25.4 Å². The molecule has 1 heterocycles. The summed E-state index contributed by atoms with van der Waals surface area (Å²) in [6.45, 7) is 0. The lowest BCUT2D eigenvalue weighted by Gasteiger charge is -2.13. The predicted octanol–water partition coefficient (Wildman–Crippen LogP) is 2.40. The van der Waals surface area contributed by atoms with Gasteiger partial charge in [-0.1, -0.05) is 0 Å². The number of aromatic hydroxyl groups is 1. The molecule has 1 aromatic carbocycles. The average molecular weight is 233 g/mol. The summed E-state index contributed by atoms with van der Waals surface area (Å²) in [6, 6.07) is -0.830. The molecule has 0 saturated heterocycles. The van der Waals surface area contributed by atoms with E-state index in [1.54, 1.807) is 0 Å². The van der Waals surface area contributed by atoms with Crippen LogP contribution in [0.2, 0.25) is 0 Å². The number of hydrogen-bond acceptors (Lipinski definition) is 3. The van der Waals surface area contributed by atoms with E-state index in [-0.39, 0.29) is 16.0 Å². The van der Waals surface area contributed by atoms with Crippen LogP contribution in [-0.4, -0.2) is 5.11 Å². The maximum absolute atomic E-state index is 9.48. The molecule has 1 aliphatic rings. The van der Waals surface area contributed by atoms with Gasteiger partial charge in [-0.05, 0) is 28.0 Å². The first-order chi connectivity index (χ1) is 7.43. The van der Waals surface area contributed by atoms with E-state index in [2.05, 4.69) is 15.9 Å². The summed E-state index contributed by atoms with van der Waals surface area (Å²) in [5.74, 6) is -0.691. The van der Waals surface area contributed by atoms with Gasteiger partial charge in [-0.2, -0.15) is 0 Å². The molecule has 4 heteroatoms. The fourth-order valence-corrected chi connectivity index (χ4v) is 1.10.